The lowest BCUT2D eigenvalue weighted by Crippen LogP contribution is -2.27. The lowest BCUT2D eigenvalue weighted by atomic mass is 10.2. The third-order valence-corrected chi connectivity index (χ3v) is 3.78. The molecule has 0 radical (unpaired) electrons. The van der Waals surface area contributed by atoms with Crippen LogP contribution in [0.1, 0.15) is 58.4 Å². The zero-order valence-electron chi connectivity index (χ0n) is 13.8. The highest BCUT2D eigenvalue weighted by Gasteiger charge is 2.12. The Morgan fingerprint density at radius 1 is 1.10 bits per heavy atom. The summed E-state index contributed by atoms with van der Waals surface area (Å²) in [5, 5.41) is 4.16. The van der Waals surface area contributed by atoms with Crippen molar-refractivity contribution in [3.05, 3.63) is 22.8 Å². The Kier molecular flexibility index (Phi) is 9.44. The van der Waals surface area contributed by atoms with Gasteiger partial charge in [0.1, 0.15) is 5.82 Å². The van der Waals surface area contributed by atoms with Crippen LogP contribution in [0.15, 0.2) is 12.3 Å². The number of hydrogen-bond acceptors (Lipinski definition) is 3. The van der Waals surface area contributed by atoms with Crippen molar-refractivity contribution in [2.75, 3.05) is 24.5 Å². The van der Waals surface area contributed by atoms with Crippen LogP contribution in [0.5, 0.6) is 0 Å². The topological polar surface area (TPSA) is 28.2 Å². The average Bonchev–Trinajstić information content (AvgIpc) is 2.49. The molecule has 1 aromatic rings. The van der Waals surface area contributed by atoms with Gasteiger partial charge in [-0.15, -0.1) is 0 Å². The van der Waals surface area contributed by atoms with Crippen molar-refractivity contribution in [2.24, 2.45) is 0 Å². The molecule has 0 unspecified atom stereocenters. The Bertz CT molecular complexity index is 388. The number of rotatable bonds is 11. The first kappa shape index (κ1) is 18.2. The van der Waals surface area contributed by atoms with E-state index in [2.05, 4.69) is 42.0 Å². The molecule has 0 fully saturated rings. The van der Waals surface area contributed by atoms with Gasteiger partial charge in [-0.1, -0.05) is 45.2 Å². The Labute approximate surface area is 135 Å². The molecular weight excluding hydrogens is 282 g/mol. The van der Waals surface area contributed by atoms with Gasteiger partial charge in [0.05, 0.1) is 5.02 Å². The van der Waals surface area contributed by atoms with Crippen molar-refractivity contribution in [2.45, 2.75) is 59.4 Å². The van der Waals surface area contributed by atoms with E-state index < -0.39 is 0 Å². The SMILES string of the molecule is CCCCN(CCCC)c1ncc(CNCCC)cc1Cl. The van der Waals surface area contributed by atoms with Crippen molar-refractivity contribution in [1.82, 2.24) is 10.3 Å². The standard InChI is InChI=1S/C17H30ClN3/c1-4-7-10-21(11-8-5-2)17-16(18)12-15(14-20-17)13-19-9-6-3/h12,14,19H,4-11,13H2,1-3H3. The van der Waals surface area contributed by atoms with Crippen LogP contribution in [0.3, 0.4) is 0 Å². The smallest absolute Gasteiger partial charge is 0.147 e. The summed E-state index contributed by atoms with van der Waals surface area (Å²) < 4.78 is 0. The average molecular weight is 312 g/mol. The molecule has 0 atom stereocenters. The quantitative estimate of drug-likeness (QED) is 0.603. The molecule has 120 valence electrons. The molecule has 1 rings (SSSR count). The summed E-state index contributed by atoms with van der Waals surface area (Å²) in [7, 11) is 0. The summed E-state index contributed by atoms with van der Waals surface area (Å²) in [5.74, 6) is 0.942. The van der Waals surface area contributed by atoms with Crippen LogP contribution in [-0.4, -0.2) is 24.6 Å². The summed E-state index contributed by atoms with van der Waals surface area (Å²) in [6, 6.07) is 2.05. The lowest BCUT2D eigenvalue weighted by molar-refractivity contribution is 0.665. The number of nitrogens with one attached hydrogen (secondary N) is 1. The fourth-order valence-corrected chi connectivity index (χ4v) is 2.54. The molecule has 21 heavy (non-hydrogen) atoms. The molecule has 0 spiro atoms. The maximum Gasteiger partial charge on any atom is 0.147 e. The molecule has 1 N–H and O–H groups in total. The summed E-state index contributed by atoms with van der Waals surface area (Å²) in [6.07, 6.45) is 7.84. The van der Waals surface area contributed by atoms with Gasteiger partial charge in [-0.25, -0.2) is 4.98 Å². The van der Waals surface area contributed by atoms with Gasteiger partial charge in [0.15, 0.2) is 0 Å². The largest absolute Gasteiger partial charge is 0.355 e. The summed E-state index contributed by atoms with van der Waals surface area (Å²) in [4.78, 5) is 6.95. The minimum absolute atomic E-state index is 0.776. The van der Waals surface area contributed by atoms with E-state index in [1.54, 1.807) is 0 Å². The predicted molar refractivity (Wildman–Crippen MR) is 93.3 cm³/mol. The van der Waals surface area contributed by atoms with Gasteiger partial charge >= 0.3 is 0 Å². The van der Waals surface area contributed by atoms with E-state index in [9.17, 15) is 0 Å². The minimum Gasteiger partial charge on any atom is -0.355 e. The van der Waals surface area contributed by atoms with Crippen molar-refractivity contribution in [1.29, 1.82) is 0 Å². The van der Waals surface area contributed by atoms with Crippen LogP contribution < -0.4 is 10.2 Å². The van der Waals surface area contributed by atoms with Crippen LogP contribution in [0.4, 0.5) is 5.82 Å². The van der Waals surface area contributed by atoms with Gasteiger partial charge in [0.25, 0.3) is 0 Å². The van der Waals surface area contributed by atoms with Gasteiger partial charge in [-0.2, -0.15) is 0 Å². The zero-order valence-corrected chi connectivity index (χ0v) is 14.5. The van der Waals surface area contributed by atoms with Crippen molar-refractivity contribution < 1.29 is 0 Å². The van der Waals surface area contributed by atoms with E-state index in [4.69, 9.17) is 11.6 Å². The number of pyridine rings is 1. The van der Waals surface area contributed by atoms with Gasteiger partial charge in [-0.3, -0.25) is 0 Å². The molecule has 0 saturated carbocycles. The number of halogens is 1. The summed E-state index contributed by atoms with van der Waals surface area (Å²) >= 11 is 6.46. The molecular formula is C17H30ClN3. The molecule has 3 nitrogen and oxygen atoms in total. The van der Waals surface area contributed by atoms with Crippen LogP contribution in [-0.2, 0) is 6.54 Å². The van der Waals surface area contributed by atoms with Gasteiger partial charge in [0.2, 0.25) is 0 Å². The molecule has 0 aliphatic rings. The third kappa shape index (κ3) is 6.66. The van der Waals surface area contributed by atoms with E-state index in [-0.39, 0.29) is 0 Å². The van der Waals surface area contributed by atoms with E-state index in [1.807, 2.05) is 6.20 Å². The summed E-state index contributed by atoms with van der Waals surface area (Å²) in [5.41, 5.74) is 1.16. The Morgan fingerprint density at radius 3 is 2.29 bits per heavy atom. The number of hydrogen-bond donors (Lipinski definition) is 1. The number of nitrogens with zero attached hydrogens (tertiary/aromatic N) is 2. The first-order valence-corrected chi connectivity index (χ1v) is 8.70. The van der Waals surface area contributed by atoms with E-state index in [1.165, 1.54) is 25.7 Å². The lowest BCUT2D eigenvalue weighted by Gasteiger charge is -2.24. The highest BCUT2D eigenvalue weighted by molar-refractivity contribution is 6.33. The maximum atomic E-state index is 6.46. The van der Waals surface area contributed by atoms with E-state index in [0.717, 1.165) is 49.0 Å². The molecule has 1 heterocycles. The second-order valence-electron chi connectivity index (χ2n) is 5.52. The molecule has 0 aliphatic carbocycles. The normalized spacial score (nSPS) is 10.9. The molecule has 0 bridgehead atoms. The second kappa shape index (κ2) is 10.9. The molecule has 1 aromatic heterocycles. The molecule has 4 heteroatoms. The Balaban J connectivity index is 2.73. The van der Waals surface area contributed by atoms with E-state index in [0.29, 0.717) is 0 Å². The van der Waals surface area contributed by atoms with Gasteiger partial charge in [-0.05, 0) is 37.4 Å². The Hall–Kier alpha value is -0.800. The van der Waals surface area contributed by atoms with Crippen molar-refractivity contribution in [3.8, 4) is 0 Å². The van der Waals surface area contributed by atoms with Crippen LogP contribution in [0, 0.1) is 0 Å². The van der Waals surface area contributed by atoms with Crippen LogP contribution >= 0.6 is 11.6 Å². The van der Waals surface area contributed by atoms with Gasteiger partial charge < -0.3 is 10.2 Å². The molecule has 0 saturated heterocycles. The van der Waals surface area contributed by atoms with Crippen LogP contribution in [0.25, 0.3) is 0 Å². The van der Waals surface area contributed by atoms with Crippen molar-refractivity contribution in [3.63, 3.8) is 0 Å². The Morgan fingerprint density at radius 2 is 1.76 bits per heavy atom. The second-order valence-corrected chi connectivity index (χ2v) is 5.93. The number of anilines is 1. The highest BCUT2D eigenvalue weighted by Crippen LogP contribution is 2.25. The van der Waals surface area contributed by atoms with E-state index >= 15 is 0 Å². The number of aromatic nitrogens is 1. The molecule has 0 aromatic carbocycles. The summed E-state index contributed by atoms with van der Waals surface area (Å²) in [6.45, 7) is 10.5. The monoisotopic (exact) mass is 311 g/mol. The fraction of sp³-hybridized carbons (Fsp3) is 0.706. The van der Waals surface area contributed by atoms with Gasteiger partial charge in [0, 0.05) is 25.8 Å². The van der Waals surface area contributed by atoms with Crippen molar-refractivity contribution >= 4 is 17.4 Å². The predicted octanol–water partition coefficient (Wildman–Crippen LogP) is 4.64. The molecule has 0 aliphatic heterocycles. The molecule has 0 amide bonds. The zero-order chi connectivity index (χ0) is 15.5. The fourth-order valence-electron chi connectivity index (χ4n) is 2.23. The maximum absolute atomic E-state index is 6.46. The first-order chi connectivity index (χ1) is 10.2. The van der Waals surface area contributed by atoms with Crippen LogP contribution in [0.2, 0.25) is 5.02 Å². The highest BCUT2D eigenvalue weighted by atomic mass is 35.5. The number of unbranched alkanes of at least 4 members (excludes halogenated alkanes) is 2. The minimum atomic E-state index is 0.776. The first-order valence-electron chi connectivity index (χ1n) is 8.32. The third-order valence-electron chi connectivity index (χ3n) is 3.50.